The first-order valence-electron chi connectivity index (χ1n) is 7.04. The number of imidazole rings is 1. The van der Waals surface area contributed by atoms with Gasteiger partial charge in [-0.1, -0.05) is 6.08 Å². The quantitative estimate of drug-likeness (QED) is 0.629. The van der Waals surface area contributed by atoms with Gasteiger partial charge in [-0.15, -0.1) is 0 Å². The summed E-state index contributed by atoms with van der Waals surface area (Å²) in [4.78, 5) is 45.1. The van der Waals surface area contributed by atoms with Crippen molar-refractivity contribution < 1.29 is 14.3 Å². The summed E-state index contributed by atoms with van der Waals surface area (Å²) in [6.07, 6.45) is 5.36. The second-order valence-corrected chi connectivity index (χ2v) is 5.26. The van der Waals surface area contributed by atoms with Gasteiger partial charge in [0.2, 0.25) is 11.9 Å². The van der Waals surface area contributed by atoms with Crippen LogP contribution in [0.5, 0.6) is 0 Å². The van der Waals surface area contributed by atoms with E-state index in [4.69, 9.17) is 4.74 Å². The van der Waals surface area contributed by atoms with Gasteiger partial charge >= 0.3 is 5.97 Å². The maximum atomic E-state index is 12.3. The molecule has 2 heterocycles. The minimum atomic E-state index is -0.402. The molecule has 120 valence electrons. The summed E-state index contributed by atoms with van der Waals surface area (Å²) >= 11 is 0. The summed E-state index contributed by atoms with van der Waals surface area (Å²) < 4.78 is 6.82. The summed E-state index contributed by atoms with van der Waals surface area (Å²) in [5.74, 6) is -0.634. The third-order valence-corrected chi connectivity index (χ3v) is 3.43. The summed E-state index contributed by atoms with van der Waals surface area (Å²) in [6.45, 7) is 2.67. The fourth-order valence-electron chi connectivity index (χ4n) is 2.58. The molecule has 2 aromatic heterocycles. The molecular formula is C14H15N5O4. The van der Waals surface area contributed by atoms with Gasteiger partial charge in [0, 0.05) is 20.3 Å². The fraction of sp³-hybridized carbons (Fsp3) is 0.357. The summed E-state index contributed by atoms with van der Waals surface area (Å²) in [5, 5.41) is 2.42. The van der Waals surface area contributed by atoms with Crippen molar-refractivity contribution in [3.05, 3.63) is 28.8 Å². The Morgan fingerprint density at radius 3 is 2.87 bits per heavy atom. The molecule has 0 spiro atoms. The maximum Gasteiger partial charge on any atom is 0.303 e. The summed E-state index contributed by atoms with van der Waals surface area (Å²) in [6, 6.07) is -0.154. The van der Waals surface area contributed by atoms with E-state index in [1.165, 1.54) is 20.2 Å². The minimum Gasteiger partial charge on any atom is -0.458 e. The van der Waals surface area contributed by atoms with Gasteiger partial charge in [0.1, 0.15) is 6.10 Å². The number of hydrogen-bond acceptors (Lipinski definition) is 6. The Hall–Kier alpha value is -2.97. The lowest BCUT2D eigenvalue weighted by molar-refractivity contribution is -0.144. The van der Waals surface area contributed by atoms with Gasteiger partial charge in [-0.05, 0) is 6.08 Å². The molecule has 0 radical (unpaired) electrons. The van der Waals surface area contributed by atoms with Gasteiger partial charge in [0.15, 0.2) is 11.2 Å². The maximum absolute atomic E-state index is 12.3. The van der Waals surface area contributed by atoms with Crippen molar-refractivity contribution in [2.24, 2.45) is 0 Å². The average Bonchev–Trinajstić information content (AvgIpc) is 3.03. The van der Waals surface area contributed by atoms with Crippen LogP contribution in [0.4, 0.5) is 5.95 Å². The van der Waals surface area contributed by atoms with Crippen LogP contribution in [-0.4, -0.2) is 37.5 Å². The zero-order valence-corrected chi connectivity index (χ0v) is 12.6. The molecule has 1 aliphatic rings. The molecular weight excluding hydrogens is 302 g/mol. The number of allylic oxidation sites excluding steroid dienone is 1. The lowest BCUT2D eigenvalue weighted by Crippen LogP contribution is -2.19. The topological polar surface area (TPSA) is 119 Å². The second kappa shape index (κ2) is 5.67. The first-order valence-corrected chi connectivity index (χ1v) is 7.04. The second-order valence-electron chi connectivity index (χ2n) is 5.26. The number of anilines is 1. The van der Waals surface area contributed by atoms with Crippen molar-refractivity contribution >= 4 is 29.0 Å². The van der Waals surface area contributed by atoms with Crippen molar-refractivity contribution in [3.63, 3.8) is 0 Å². The molecule has 1 amide bonds. The van der Waals surface area contributed by atoms with E-state index in [9.17, 15) is 14.4 Å². The van der Waals surface area contributed by atoms with Gasteiger partial charge in [-0.2, -0.15) is 4.98 Å². The predicted molar refractivity (Wildman–Crippen MR) is 80.8 cm³/mol. The zero-order valence-electron chi connectivity index (χ0n) is 12.6. The summed E-state index contributed by atoms with van der Waals surface area (Å²) in [5.41, 5.74) is 0.139. The van der Waals surface area contributed by atoms with Crippen LogP contribution in [0.15, 0.2) is 23.3 Å². The van der Waals surface area contributed by atoms with Gasteiger partial charge < -0.3 is 9.30 Å². The van der Waals surface area contributed by atoms with Crippen molar-refractivity contribution in [1.29, 1.82) is 0 Å². The molecule has 3 rings (SSSR count). The molecule has 23 heavy (non-hydrogen) atoms. The van der Waals surface area contributed by atoms with Crippen LogP contribution in [0.3, 0.4) is 0 Å². The molecule has 0 saturated heterocycles. The third kappa shape index (κ3) is 2.98. The van der Waals surface area contributed by atoms with Crippen molar-refractivity contribution in [2.45, 2.75) is 32.4 Å². The number of rotatable bonds is 3. The van der Waals surface area contributed by atoms with E-state index in [1.807, 2.05) is 6.08 Å². The number of nitrogens with zero attached hydrogens (tertiary/aromatic N) is 3. The van der Waals surface area contributed by atoms with E-state index in [2.05, 4.69) is 20.3 Å². The Bertz CT molecular complexity index is 866. The van der Waals surface area contributed by atoms with Crippen molar-refractivity contribution in [1.82, 2.24) is 19.5 Å². The number of carbonyl (C=O) groups is 2. The minimum absolute atomic E-state index is 0.0556. The number of carbonyl (C=O) groups excluding carboxylic acids is 2. The molecule has 1 aliphatic carbocycles. The number of aromatic amines is 1. The highest BCUT2D eigenvalue weighted by molar-refractivity contribution is 5.87. The normalized spacial score (nSPS) is 19.9. The fourth-order valence-corrected chi connectivity index (χ4v) is 2.58. The largest absolute Gasteiger partial charge is 0.458 e. The highest BCUT2D eigenvalue weighted by Gasteiger charge is 2.25. The SMILES string of the molecule is CC(=O)Nc1nc2ncn(C3C=CC(OC(C)=O)C3)c2c(=O)[nH]1. The molecule has 9 nitrogen and oxygen atoms in total. The van der Waals surface area contributed by atoms with Gasteiger partial charge in [-0.3, -0.25) is 24.7 Å². The number of ether oxygens (including phenoxy) is 1. The molecule has 2 unspecified atom stereocenters. The smallest absolute Gasteiger partial charge is 0.303 e. The number of aromatic nitrogens is 4. The molecule has 0 aliphatic heterocycles. The molecule has 0 bridgehead atoms. The van der Waals surface area contributed by atoms with Crippen LogP contribution in [0.1, 0.15) is 26.3 Å². The molecule has 2 N–H and O–H groups in total. The highest BCUT2D eigenvalue weighted by atomic mass is 16.5. The van der Waals surface area contributed by atoms with Gasteiger partial charge in [-0.25, -0.2) is 4.98 Å². The highest BCUT2D eigenvalue weighted by Crippen LogP contribution is 2.27. The Morgan fingerprint density at radius 1 is 1.39 bits per heavy atom. The van der Waals surface area contributed by atoms with E-state index in [1.54, 1.807) is 10.6 Å². The van der Waals surface area contributed by atoms with Crippen LogP contribution < -0.4 is 10.9 Å². The Balaban J connectivity index is 1.92. The van der Waals surface area contributed by atoms with Crippen LogP contribution in [0, 0.1) is 0 Å². The molecule has 2 aromatic rings. The Morgan fingerprint density at radius 2 is 2.17 bits per heavy atom. The standard InChI is InChI=1S/C14H15N5O4/c1-7(20)16-14-17-12-11(13(22)18-14)19(6-15-12)9-3-4-10(5-9)23-8(2)21/h3-4,6,9-10H,5H2,1-2H3,(H2,16,17,18,20,22). The number of fused-ring (bicyclic) bond motifs is 1. The lowest BCUT2D eigenvalue weighted by Gasteiger charge is -2.13. The van der Waals surface area contributed by atoms with E-state index < -0.39 is 5.56 Å². The number of hydrogen-bond donors (Lipinski definition) is 2. The zero-order chi connectivity index (χ0) is 16.6. The monoisotopic (exact) mass is 317 g/mol. The average molecular weight is 317 g/mol. The lowest BCUT2D eigenvalue weighted by atomic mass is 10.2. The molecule has 9 heteroatoms. The third-order valence-electron chi connectivity index (χ3n) is 3.43. The first-order chi connectivity index (χ1) is 10.9. The van der Waals surface area contributed by atoms with Crippen molar-refractivity contribution in [2.75, 3.05) is 5.32 Å². The Labute approximate surface area is 130 Å². The van der Waals surface area contributed by atoms with Crippen LogP contribution in [0.2, 0.25) is 0 Å². The molecule has 2 atom stereocenters. The number of esters is 1. The van der Waals surface area contributed by atoms with E-state index in [0.29, 0.717) is 11.9 Å². The van der Waals surface area contributed by atoms with E-state index in [-0.39, 0.29) is 35.6 Å². The van der Waals surface area contributed by atoms with Crippen LogP contribution in [-0.2, 0) is 14.3 Å². The van der Waals surface area contributed by atoms with E-state index >= 15 is 0 Å². The van der Waals surface area contributed by atoms with E-state index in [0.717, 1.165) is 0 Å². The van der Waals surface area contributed by atoms with Crippen molar-refractivity contribution in [3.8, 4) is 0 Å². The van der Waals surface area contributed by atoms with Crippen LogP contribution in [0.25, 0.3) is 11.2 Å². The van der Waals surface area contributed by atoms with Gasteiger partial charge in [0.05, 0.1) is 12.4 Å². The first kappa shape index (κ1) is 14.9. The summed E-state index contributed by atoms with van der Waals surface area (Å²) in [7, 11) is 0. The van der Waals surface area contributed by atoms with Crippen LogP contribution >= 0.6 is 0 Å². The number of nitrogens with one attached hydrogen (secondary N) is 2. The number of amides is 1. The molecule has 0 fully saturated rings. The number of H-pyrrole nitrogens is 1. The molecule has 0 saturated carbocycles. The molecule has 0 aromatic carbocycles. The Kier molecular flexibility index (Phi) is 3.68. The van der Waals surface area contributed by atoms with Gasteiger partial charge in [0.25, 0.3) is 5.56 Å². The predicted octanol–water partition coefficient (Wildman–Crippen LogP) is 0.511.